The number of likely N-dealkylation sites (tertiary alicyclic amines) is 1. The molecule has 2 rings (SSSR count). The largest absolute Gasteiger partial charge is 0.496 e. The van der Waals surface area contributed by atoms with Crippen LogP contribution in [0, 0.1) is 0 Å². The molecule has 1 fully saturated rings. The summed E-state index contributed by atoms with van der Waals surface area (Å²) in [4.78, 5) is 14.3. The first-order chi connectivity index (χ1) is 12.8. The molecule has 5 nitrogen and oxygen atoms in total. The Bertz CT molecular complexity index is 636. The van der Waals surface area contributed by atoms with E-state index in [9.17, 15) is 4.79 Å². The fourth-order valence-electron chi connectivity index (χ4n) is 3.59. The summed E-state index contributed by atoms with van der Waals surface area (Å²) < 4.78 is 16.9. The molecule has 27 heavy (non-hydrogen) atoms. The molecule has 0 saturated carbocycles. The fourth-order valence-corrected chi connectivity index (χ4v) is 3.59. The normalized spacial score (nSPS) is 17.6. The maximum atomic E-state index is 12.5. The molecule has 1 heterocycles. The van der Waals surface area contributed by atoms with E-state index in [1.807, 2.05) is 25.7 Å². The van der Waals surface area contributed by atoms with Crippen LogP contribution in [0.25, 0.3) is 0 Å². The summed E-state index contributed by atoms with van der Waals surface area (Å²) >= 11 is 0. The van der Waals surface area contributed by atoms with Crippen LogP contribution in [-0.4, -0.2) is 43.9 Å². The summed E-state index contributed by atoms with van der Waals surface area (Å²) in [5, 5.41) is 0. The lowest BCUT2D eigenvalue weighted by Crippen LogP contribution is -2.42. The Morgan fingerprint density at radius 1 is 1.19 bits per heavy atom. The topological polar surface area (TPSA) is 48.0 Å². The Labute approximate surface area is 164 Å². The smallest absolute Gasteiger partial charge is 0.410 e. The Balaban J connectivity index is 2.24. The van der Waals surface area contributed by atoms with Crippen molar-refractivity contribution in [3.63, 3.8) is 0 Å². The molecule has 1 aromatic rings. The van der Waals surface area contributed by atoms with E-state index in [1.54, 1.807) is 14.2 Å². The van der Waals surface area contributed by atoms with Crippen molar-refractivity contribution in [3.8, 4) is 11.5 Å². The van der Waals surface area contributed by atoms with Crippen molar-refractivity contribution in [2.45, 2.75) is 71.3 Å². The molecule has 0 aromatic heterocycles. The minimum atomic E-state index is -0.480. The summed E-state index contributed by atoms with van der Waals surface area (Å²) in [7, 11) is 3.43. The second-order valence-corrected chi connectivity index (χ2v) is 8.28. The van der Waals surface area contributed by atoms with Gasteiger partial charge >= 0.3 is 6.09 Å². The van der Waals surface area contributed by atoms with E-state index in [2.05, 4.69) is 19.1 Å². The lowest BCUT2D eigenvalue weighted by atomic mass is 9.88. The van der Waals surface area contributed by atoms with Crippen molar-refractivity contribution >= 4 is 6.09 Å². The first-order valence-electron chi connectivity index (χ1n) is 10.0. The molecule has 0 aliphatic carbocycles. The van der Waals surface area contributed by atoms with Gasteiger partial charge in [0.05, 0.1) is 14.2 Å². The zero-order valence-electron chi connectivity index (χ0n) is 17.8. The van der Waals surface area contributed by atoms with Crippen LogP contribution >= 0.6 is 0 Å². The molecule has 1 aliphatic rings. The highest BCUT2D eigenvalue weighted by Crippen LogP contribution is 2.38. The molecule has 0 bridgehead atoms. The van der Waals surface area contributed by atoms with E-state index >= 15 is 0 Å². The number of piperidine rings is 1. The molecular formula is C22H35NO4. The van der Waals surface area contributed by atoms with E-state index in [0.717, 1.165) is 55.7 Å². The summed E-state index contributed by atoms with van der Waals surface area (Å²) in [5.74, 6) is 2.02. The molecule has 1 amide bonds. The van der Waals surface area contributed by atoms with Crippen LogP contribution in [0.4, 0.5) is 4.79 Å². The van der Waals surface area contributed by atoms with Gasteiger partial charge in [0.2, 0.25) is 0 Å². The number of carbonyl (C=O) groups is 1. The third-order valence-electron chi connectivity index (χ3n) is 4.95. The van der Waals surface area contributed by atoms with E-state index < -0.39 is 5.60 Å². The number of rotatable bonds is 6. The van der Waals surface area contributed by atoms with Crippen LogP contribution in [0.3, 0.4) is 0 Å². The third kappa shape index (κ3) is 5.78. The molecule has 0 N–H and O–H groups in total. The first-order valence-corrected chi connectivity index (χ1v) is 10.0. The maximum absolute atomic E-state index is 12.5. The number of ether oxygens (including phenoxy) is 3. The number of amides is 1. The van der Waals surface area contributed by atoms with Crippen LogP contribution in [0.1, 0.15) is 70.4 Å². The van der Waals surface area contributed by atoms with Crippen LogP contribution in [0.2, 0.25) is 0 Å². The van der Waals surface area contributed by atoms with Gasteiger partial charge in [-0.15, -0.1) is 0 Å². The van der Waals surface area contributed by atoms with Crippen molar-refractivity contribution in [2.24, 2.45) is 0 Å². The monoisotopic (exact) mass is 377 g/mol. The fraction of sp³-hybridized carbons (Fsp3) is 0.682. The second kappa shape index (κ2) is 9.34. The zero-order chi connectivity index (χ0) is 20.0. The van der Waals surface area contributed by atoms with Crippen molar-refractivity contribution in [1.82, 2.24) is 4.90 Å². The lowest BCUT2D eigenvalue weighted by Gasteiger charge is -2.35. The van der Waals surface area contributed by atoms with Gasteiger partial charge in [-0.1, -0.05) is 13.3 Å². The lowest BCUT2D eigenvalue weighted by molar-refractivity contribution is 0.0197. The van der Waals surface area contributed by atoms with Crippen LogP contribution < -0.4 is 9.47 Å². The van der Waals surface area contributed by atoms with E-state index in [-0.39, 0.29) is 12.0 Å². The summed E-state index contributed by atoms with van der Waals surface area (Å²) in [6.07, 6.45) is 4.97. The molecule has 1 saturated heterocycles. The van der Waals surface area contributed by atoms with Gasteiger partial charge in [0.1, 0.15) is 17.1 Å². The van der Waals surface area contributed by atoms with Gasteiger partial charge in [-0.05, 0) is 64.2 Å². The molecule has 0 radical (unpaired) electrons. The highest BCUT2D eigenvalue weighted by Gasteiger charge is 2.30. The number of carbonyl (C=O) groups excluding carboxylic acids is 1. The van der Waals surface area contributed by atoms with Gasteiger partial charge in [-0.3, -0.25) is 0 Å². The number of benzene rings is 1. The Hall–Kier alpha value is -1.91. The Morgan fingerprint density at radius 2 is 1.89 bits per heavy atom. The minimum Gasteiger partial charge on any atom is -0.496 e. The Morgan fingerprint density at radius 3 is 2.48 bits per heavy atom. The van der Waals surface area contributed by atoms with Crippen LogP contribution in [0.15, 0.2) is 12.1 Å². The van der Waals surface area contributed by atoms with Crippen LogP contribution in [-0.2, 0) is 11.2 Å². The number of unbranched alkanes of at least 4 members (excludes halogenated alkanes) is 1. The number of aryl methyl sites for hydroxylation is 1. The van der Waals surface area contributed by atoms with Crippen molar-refractivity contribution < 1.29 is 19.0 Å². The van der Waals surface area contributed by atoms with Gasteiger partial charge in [0, 0.05) is 24.6 Å². The summed E-state index contributed by atoms with van der Waals surface area (Å²) in [6, 6.07) is 4.21. The molecule has 152 valence electrons. The molecule has 1 atom stereocenters. The maximum Gasteiger partial charge on any atom is 0.410 e. The number of methoxy groups -OCH3 is 2. The van der Waals surface area contributed by atoms with Gasteiger partial charge in [0.15, 0.2) is 0 Å². The summed E-state index contributed by atoms with van der Waals surface area (Å²) in [6.45, 7) is 9.26. The van der Waals surface area contributed by atoms with Gasteiger partial charge in [-0.25, -0.2) is 4.79 Å². The number of nitrogens with zero attached hydrogens (tertiary/aromatic N) is 1. The summed E-state index contributed by atoms with van der Waals surface area (Å²) in [5.41, 5.74) is 1.81. The Kier molecular flexibility index (Phi) is 7.40. The van der Waals surface area contributed by atoms with Gasteiger partial charge in [-0.2, -0.15) is 0 Å². The van der Waals surface area contributed by atoms with Crippen LogP contribution in [0.5, 0.6) is 11.5 Å². The van der Waals surface area contributed by atoms with E-state index in [1.165, 1.54) is 5.56 Å². The van der Waals surface area contributed by atoms with Gasteiger partial charge < -0.3 is 19.1 Å². The zero-order valence-corrected chi connectivity index (χ0v) is 17.8. The highest BCUT2D eigenvalue weighted by molar-refractivity contribution is 5.68. The highest BCUT2D eigenvalue weighted by atomic mass is 16.6. The molecule has 5 heteroatoms. The average Bonchev–Trinajstić information content (AvgIpc) is 2.64. The molecule has 1 aromatic carbocycles. The predicted molar refractivity (Wildman–Crippen MR) is 108 cm³/mol. The van der Waals surface area contributed by atoms with E-state index in [4.69, 9.17) is 14.2 Å². The second-order valence-electron chi connectivity index (χ2n) is 8.28. The molecule has 1 unspecified atom stereocenters. The van der Waals surface area contributed by atoms with Crippen molar-refractivity contribution in [3.05, 3.63) is 23.3 Å². The first kappa shape index (κ1) is 21.4. The SMILES string of the molecule is CCCCc1cc(OC)c(C2CCCN(C(=O)OC(C)(C)C)C2)cc1OC. The average molecular weight is 378 g/mol. The standard InChI is InChI=1S/C22H35NO4/c1-7-8-10-16-13-20(26-6)18(14-19(16)25-5)17-11-9-12-23(15-17)21(24)27-22(2,3)4/h13-14,17H,7-12,15H2,1-6H3. The number of hydrogen-bond donors (Lipinski definition) is 0. The van der Waals surface area contributed by atoms with Gasteiger partial charge in [0.25, 0.3) is 0 Å². The minimum absolute atomic E-state index is 0.218. The molecule has 0 spiro atoms. The molecule has 1 aliphatic heterocycles. The van der Waals surface area contributed by atoms with Crippen molar-refractivity contribution in [1.29, 1.82) is 0 Å². The quantitative estimate of drug-likeness (QED) is 0.687. The van der Waals surface area contributed by atoms with E-state index in [0.29, 0.717) is 6.54 Å². The molecular weight excluding hydrogens is 342 g/mol. The number of hydrogen-bond acceptors (Lipinski definition) is 4. The third-order valence-corrected chi connectivity index (χ3v) is 4.95. The van der Waals surface area contributed by atoms with Crippen molar-refractivity contribution in [2.75, 3.05) is 27.3 Å². The predicted octanol–water partition coefficient (Wildman–Crippen LogP) is 5.16.